The van der Waals surface area contributed by atoms with Crippen LogP contribution in [0, 0.1) is 5.92 Å². The van der Waals surface area contributed by atoms with Crippen LogP contribution >= 0.6 is 0 Å². The molecular weight excluding hydrogens is 238 g/mol. The second kappa shape index (κ2) is 6.57. The Bertz CT molecular complexity index is 425. The molecule has 3 N–H and O–H groups in total. The highest BCUT2D eigenvalue weighted by Crippen LogP contribution is 2.25. The van der Waals surface area contributed by atoms with Gasteiger partial charge in [-0.15, -0.1) is 0 Å². The minimum absolute atomic E-state index is 0.0214. The molecule has 1 fully saturated rings. The summed E-state index contributed by atoms with van der Waals surface area (Å²) in [6.07, 6.45) is 2.85. The minimum Gasteiger partial charge on any atom is -0.371 e. The van der Waals surface area contributed by atoms with E-state index in [2.05, 4.69) is 23.2 Å². The number of benzene rings is 1. The minimum atomic E-state index is -0.0214. The van der Waals surface area contributed by atoms with E-state index in [1.165, 1.54) is 18.5 Å². The van der Waals surface area contributed by atoms with Crippen molar-refractivity contribution >= 4 is 17.3 Å². The number of rotatable bonds is 4. The highest BCUT2D eigenvalue weighted by molar-refractivity contribution is 5.91. The fourth-order valence-corrected chi connectivity index (χ4v) is 2.40. The lowest BCUT2D eigenvalue weighted by molar-refractivity contribution is -0.116. The van der Waals surface area contributed by atoms with E-state index >= 15 is 0 Å². The van der Waals surface area contributed by atoms with Crippen molar-refractivity contribution in [1.82, 2.24) is 0 Å². The van der Waals surface area contributed by atoms with Gasteiger partial charge in [-0.25, -0.2) is 0 Å². The maximum atomic E-state index is 11.5. The second-order valence-corrected chi connectivity index (χ2v) is 5.31. The standard InChI is InChI=1S/C15H23N3O/c1-12-6-9-18(10-7-12)14-4-2-3-13(11-14)17-15(19)5-8-16/h2-4,11-12H,5-10,16H2,1H3,(H,17,19). The summed E-state index contributed by atoms with van der Waals surface area (Å²) in [6, 6.07) is 8.06. The van der Waals surface area contributed by atoms with Gasteiger partial charge in [-0.1, -0.05) is 13.0 Å². The molecule has 1 aliphatic rings. The number of nitrogens with zero attached hydrogens (tertiary/aromatic N) is 1. The van der Waals surface area contributed by atoms with Gasteiger partial charge in [-0.2, -0.15) is 0 Å². The van der Waals surface area contributed by atoms with Crippen LogP contribution in [0.15, 0.2) is 24.3 Å². The average molecular weight is 261 g/mol. The van der Waals surface area contributed by atoms with Crippen molar-refractivity contribution in [3.8, 4) is 0 Å². The number of nitrogens with two attached hydrogens (primary N) is 1. The van der Waals surface area contributed by atoms with Gasteiger partial charge in [0.25, 0.3) is 0 Å². The molecule has 19 heavy (non-hydrogen) atoms. The molecule has 0 unspecified atom stereocenters. The fourth-order valence-electron chi connectivity index (χ4n) is 2.40. The number of amides is 1. The van der Waals surface area contributed by atoms with Crippen molar-refractivity contribution in [3.63, 3.8) is 0 Å². The Labute approximate surface area is 115 Å². The first-order valence-corrected chi connectivity index (χ1v) is 7.04. The van der Waals surface area contributed by atoms with Crippen LogP contribution in [0.5, 0.6) is 0 Å². The van der Waals surface area contributed by atoms with Crippen LogP contribution in [-0.4, -0.2) is 25.5 Å². The molecule has 0 spiro atoms. The van der Waals surface area contributed by atoms with Gasteiger partial charge in [0.05, 0.1) is 0 Å². The first kappa shape index (κ1) is 13.9. The SMILES string of the molecule is CC1CCN(c2cccc(NC(=O)CCN)c2)CC1. The van der Waals surface area contributed by atoms with Gasteiger partial charge in [0, 0.05) is 37.4 Å². The second-order valence-electron chi connectivity index (χ2n) is 5.31. The largest absolute Gasteiger partial charge is 0.371 e. The molecule has 1 aromatic rings. The molecule has 2 rings (SSSR count). The third-order valence-corrected chi connectivity index (χ3v) is 3.65. The van der Waals surface area contributed by atoms with Crippen molar-refractivity contribution in [2.45, 2.75) is 26.2 Å². The molecule has 0 aromatic heterocycles. The van der Waals surface area contributed by atoms with E-state index < -0.39 is 0 Å². The summed E-state index contributed by atoms with van der Waals surface area (Å²) in [5, 5.41) is 2.89. The van der Waals surface area contributed by atoms with Crippen LogP contribution in [0.25, 0.3) is 0 Å². The van der Waals surface area contributed by atoms with Gasteiger partial charge < -0.3 is 16.0 Å². The summed E-state index contributed by atoms with van der Waals surface area (Å²) >= 11 is 0. The lowest BCUT2D eigenvalue weighted by Crippen LogP contribution is -2.32. The molecule has 0 bridgehead atoms. The third kappa shape index (κ3) is 3.96. The first-order valence-electron chi connectivity index (χ1n) is 7.04. The van der Waals surface area contributed by atoms with E-state index in [9.17, 15) is 4.79 Å². The number of anilines is 2. The summed E-state index contributed by atoms with van der Waals surface area (Å²) < 4.78 is 0. The Morgan fingerprint density at radius 3 is 2.84 bits per heavy atom. The molecule has 0 radical (unpaired) electrons. The van der Waals surface area contributed by atoms with Crippen molar-refractivity contribution in [1.29, 1.82) is 0 Å². The number of nitrogens with one attached hydrogen (secondary N) is 1. The number of carbonyl (C=O) groups excluding carboxylic acids is 1. The van der Waals surface area contributed by atoms with E-state index in [1.807, 2.05) is 18.2 Å². The molecule has 1 heterocycles. The van der Waals surface area contributed by atoms with E-state index in [-0.39, 0.29) is 5.91 Å². The smallest absolute Gasteiger partial charge is 0.225 e. The van der Waals surface area contributed by atoms with Gasteiger partial charge in [-0.05, 0) is 37.0 Å². The highest BCUT2D eigenvalue weighted by Gasteiger charge is 2.16. The van der Waals surface area contributed by atoms with Crippen LogP contribution in [0.1, 0.15) is 26.2 Å². The molecule has 104 valence electrons. The van der Waals surface area contributed by atoms with E-state index in [1.54, 1.807) is 0 Å². The Morgan fingerprint density at radius 2 is 2.16 bits per heavy atom. The van der Waals surface area contributed by atoms with E-state index in [0.29, 0.717) is 13.0 Å². The first-order chi connectivity index (χ1) is 9.19. The van der Waals surface area contributed by atoms with E-state index in [0.717, 1.165) is 24.7 Å². The zero-order valence-electron chi connectivity index (χ0n) is 11.6. The summed E-state index contributed by atoms with van der Waals surface area (Å²) in [5.41, 5.74) is 7.42. The zero-order chi connectivity index (χ0) is 13.7. The monoisotopic (exact) mass is 261 g/mol. The molecule has 0 saturated carbocycles. The lowest BCUT2D eigenvalue weighted by atomic mass is 9.99. The molecule has 4 nitrogen and oxygen atoms in total. The Balaban J connectivity index is 2.00. The van der Waals surface area contributed by atoms with Crippen LogP contribution < -0.4 is 16.0 Å². The van der Waals surface area contributed by atoms with Crippen molar-refractivity contribution in [2.75, 3.05) is 29.9 Å². The highest BCUT2D eigenvalue weighted by atomic mass is 16.1. The Morgan fingerprint density at radius 1 is 1.42 bits per heavy atom. The van der Waals surface area contributed by atoms with Gasteiger partial charge in [0.15, 0.2) is 0 Å². The molecule has 1 aliphatic heterocycles. The summed E-state index contributed by atoms with van der Waals surface area (Å²) in [7, 11) is 0. The predicted octanol–water partition coefficient (Wildman–Crippen LogP) is 2.21. The van der Waals surface area contributed by atoms with Crippen molar-refractivity contribution in [2.24, 2.45) is 11.7 Å². The quantitative estimate of drug-likeness (QED) is 0.873. The average Bonchev–Trinajstić information content (AvgIpc) is 2.40. The number of piperidine rings is 1. The zero-order valence-corrected chi connectivity index (χ0v) is 11.6. The van der Waals surface area contributed by atoms with E-state index in [4.69, 9.17) is 5.73 Å². The molecule has 1 saturated heterocycles. The van der Waals surface area contributed by atoms with Crippen LogP contribution in [0.3, 0.4) is 0 Å². The molecule has 0 atom stereocenters. The summed E-state index contributed by atoms with van der Waals surface area (Å²) in [6.45, 7) is 4.89. The fraction of sp³-hybridized carbons (Fsp3) is 0.533. The maximum absolute atomic E-state index is 11.5. The van der Waals surface area contributed by atoms with Crippen LogP contribution in [0.4, 0.5) is 11.4 Å². The molecular formula is C15H23N3O. The maximum Gasteiger partial charge on any atom is 0.225 e. The Kier molecular flexibility index (Phi) is 4.80. The number of hydrogen-bond donors (Lipinski definition) is 2. The molecule has 4 heteroatoms. The number of carbonyl (C=O) groups is 1. The van der Waals surface area contributed by atoms with Gasteiger partial charge >= 0.3 is 0 Å². The third-order valence-electron chi connectivity index (χ3n) is 3.65. The van der Waals surface area contributed by atoms with Crippen molar-refractivity contribution in [3.05, 3.63) is 24.3 Å². The topological polar surface area (TPSA) is 58.4 Å². The lowest BCUT2D eigenvalue weighted by Gasteiger charge is -2.32. The normalized spacial score (nSPS) is 16.4. The van der Waals surface area contributed by atoms with Gasteiger partial charge in [0.2, 0.25) is 5.91 Å². The Hall–Kier alpha value is -1.55. The van der Waals surface area contributed by atoms with Gasteiger partial charge in [0.1, 0.15) is 0 Å². The summed E-state index contributed by atoms with van der Waals surface area (Å²) in [5.74, 6) is 0.801. The predicted molar refractivity (Wildman–Crippen MR) is 79.4 cm³/mol. The molecule has 1 amide bonds. The summed E-state index contributed by atoms with van der Waals surface area (Å²) in [4.78, 5) is 13.9. The molecule has 1 aromatic carbocycles. The number of hydrogen-bond acceptors (Lipinski definition) is 3. The van der Waals surface area contributed by atoms with Gasteiger partial charge in [-0.3, -0.25) is 4.79 Å². The molecule has 0 aliphatic carbocycles. The van der Waals surface area contributed by atoms with Crippen molar-refractivity contribution < 1.29 is 4.79 Å². The van der Waals surface area contributed by atoms with Crippen LogP contribution in [-0.2, 0) is 4.79 Å². The van der Waals surface area contributed by atoms with Crippen LogP contribution in [0.2, 0.25) is 0 Å².